The van der Waals surface area contributed by atoms with E-state index in [1.807, 2.05) is 40.7 Å². The summed E-state index contributed by atoms with van der Waals surface area (Å²) in [6.45, 7) is 12.7. The maximum Gasteiger partial charge on any atom is 0.446 e. The van der Waals surface area contributed by atoms with Gasteiger partial charge in [-0.3, -0.25) is 9.79 Å². The zero-order valence-electron chi connectivity index (χ0n) is 22.9. The van der Waals surface area contributed by atoms with Crippen LogP contribution >= 0.6 is 11.8 Å². The van der Waals surface area contributed by atoms with Gasteiger partial charge in [0.2, 0.25) is 5.91 Å². The van der Waals surface area contributed by atoms with Crippen LogP contribution in [0.1, 0.15) is 65.0 Å². The number of rotatable bonds is 5. The highest BCUT2D eigenvalue weighted by Gasteiger charge is 2.29. The Bertz CT molecular complexity index is 965. The molecule has 1 heterocycles. The molecule has 0 aromatic heterocycles. The molecule has 3 nitrogen and oxygen atoms in total. The van der Waals surface area contributed by atoms with Crippen molar-refractivity contribution in [1.29, 1.82) is 0 Å². The van der Waals surface area contributed by atoms with Crippen molar-refractivity contribution in [3.63, 3.8) is 0 Å². The van der Waals surface area contributed by atoms with Gasteiger partial charge in [0.15, 0.2) is 0 Å². The normalized spacial score (nSPS) is 15.3. The fourth-order valence-electron chi connectivity index (χ4n) is 3.21. The van der Waals surface area contributed by atoms with Gasteiger partial charge in [0.25, 0.3) is 0 Å². The summed E-state index contributed by atoms with van der Waals surface area (Å²) in [5, 5.41) is 2.82. The van der Waals surface area contributed by atoms with Crippen LogP contribution in [0.3, 0.4) is 0 Å². The molecule has 1 atom stereocenters. The zero-order valence-corrected chi connectivity index (χ0v) is 23.7. The van der Waals surface area contributed by atoms with E-state index in [9.17, 15) is 22.4 Å². The van der Waals surface area contributed by atoms with E-state index in [4.69, 9.17) is 0 Å². The van der Waals surface area contributed by atoms with E-state index >= 15 is 0 Å². The third kappa shape index (κ3) is 16.7. The highest BCUT2D eigenvalue weighted by Crippen LogP contribution is 2.37. The molecule has 0 bridgehead atoms. The van der Waals surface area contributed by atoms with E-state index < -0.39 is 5.51 Å². The minimum atomic E-state index is -4.25. The standard InChI is InChI=1S/C13H14F3NS.C7H7F.C7H13NO.C2H6/c1-9(7-10(2)17-3)11-5-4-6-12(8-11)18-13(14,15)16;1-6-2-4-7(8)5-3-6;1-2-3-6-4-7(9)8-5-6;1-2/h4-8H,1-3H3;2-5H,1H3;6H,2-5H2,1H3,(H,8,9);1-2H3/b9-7+,17-10?;;;/t;;6-;/m..1./s1. The molecular formula is C29H40F4N2OS. The van der Waals surface area contributed by atoms with Crippen molar-refractivity contribution in [3.05, 3.63) is 71.6 Å². The molecule has 0 spiro atoms. The number of benzene rings is 2. The molecule has 1 saturated heterocycles. The Balaban J connectivity index is 0.000000566. The fraction of sp³-hybridized carbons (Fsp3) is 0.448. The molecular weight excluding hydrogens is 500 g/mol. The molecule has 1 aliphatic heterocycles. The summed E-state index contributed by atoms with van der Waals surface area (Å²) in [5.41, 5.74) is -0.667. The first kappa shape index (κ1) is 34.4. The van der Waals surface area contributed by atoms with Gasteiger partial charge in [-0.05, 0) is 86.3 Å². The molecule has 2 aromatic carbocycles. The number of carbonyl (C=O) groups excluding carboxylic acids is 1. The molecule has 1 N–H and O–H groups in total. The second kappa shape index (κ2) is 18.6. The summed E-state index contributed by atoms with van der Waals surface area (Å²) >= 11 is -0.101. The average molecular weight is 541 g/mol. The van der Waals surface area contributed by atoms with Gasteiger partial charge in [-0.15, -0.1) is 0 Å². The Kier molecular flexibility index (Phi) is 17.3. The predicted octanol–water partition coefficient (Wildman–Crippen LogP) is 8.88. The van der Waals surface area contributed by atoms with Gasteiger partial charge in [0, 0.05) is 30.6 Å². The largest absolute Gasteiger partial charge is 0.446 e. The van der Waals surface area contributed by atoms with E-state index in [2.05, 4.69) is 17.2 Å². The van der Waals surface area contributed by atoms with Gasteiger partial charge in [-0.25, -0.2) is 4.39 Å². The summed E-state index contributed by atoms with van der Waals surface area (Å²) in [5.74, 6) is 0.687. The first-order valence-corrected chi connectivity index (χ1v) is 13.2. The number of nitrogens with one attached hydrogen (secondary N) is 1. The minimum absolute atomic E-state index is 0.101. The van der Waals surface area contributed by atoms with Crippen LogP contribution in [0, 0.1) is 18.7 Å². The van der Waals surface area contributed by atoms with Crippen LogP contribution < -0.4 is 5.32 Å². The second-order valence-electron chi connectivity index (χ2n) is 8.23. The van der Waals surface area contributed by atoms with E-state index in [-0.39, 0.29) is 28.4 Å². The first-order valence-electron chi connectivity index (χ1n) is 12.4. The summed E-state index contributed by atoms with van der Waals surface area (Å²) in [7, 11) is 1.68. The molecule has 8 heteroatoms. The fourth-order valence-corrected chi connectivity index (χ4v) is 3.81. The lowest BCUT2D eigenvalue weighted by Crippen LogP contribution is -2.13. The van der Waals surface area contributed by atoms with E-state index in [1.165, 1.54) is 37.1 Å². The van der Waals surface area contributed by atoms with Gasteiger partial charge in [-0.1, -0.05) is 57.0 Å². The van der Waals surface area contributed by atoms with E-state index in [0.717, 1.165) is 35.4 Å². The molecule has 0 unspecified atom stereocenters. The lowest BCUT2D eigenvalue weighted by molar-refractivity contribution is -0.119. The number of allylic oxidation sites excluding steroid dienone is 2. The van der Waals surface area contributed by atoms with Crippen LogP contribution in [-0.4, -0.2) is 30.7 Å². The van der Waals surface area contributed by atoms with Crippen LogP contribution in [0.15, 0.2) is 64.5 Å². The number of hydrogen-bond donors (Lipinski definition) is 1. The highest BCUT2D eigenvalue weighted by molar-refractivity contribution is 8.00. The molecule has 0 aliphatic carbocycles. The average Bonchev–Trinajstić information content (AvgIpc) is 3.27. The Labute approximate surface area is 223 Å². The van der Waals surface area contributed by atoms with Gasteiger partial charge < -0.3 is 5.32 Å². The molecule has 1 aliphatic rings. The third-order valence-corrected chi connectivity index (χ3v) is 5.79. The number of carbonyl (C=O) groups is 1. The summed E-state index contributed by atoms with van der Waals surface area (Å²) in [6.07, 6.45) is 4.99. The van der Waals surface area contributed by atoms with Gasteiger partial charge >= 0.3 is 5.51 Å². The van der Waals surface area contributed by atoms with Crippen molar-refractivity contribution in [2.45, 2.75) is 71.2 Å². The topological polar surface area (TPSA) is 41.5 Å². The maximum atomic E-state index is 12.3. The summed E-state index contributed by atoms with van der Waals surface area (Å²) in [6, 6.07) is 12.8. The number of halogens is 4. The van der Waals surface area contributed by atoms with Crippen LogP contribution in [0.2, 0.25) is 0 Å². The number of aliphatic imine (C=N–C) groups is 1. The zero-order chi connectivity index (χ0) is 28.4. The Hall–Kier alpha value is -2.61. The van der Waals surface area contributed by atoms with Gasteiger partial charge in [0.1, 0.15) is 5.82 Å². The highest BCUT2D eigenvalue weighted by atomic mass is 32.2. The SMILES string of the molecule is CC.CCC[C@H]1CNC(=O)C1.CN=C(C)/C=C(\C)c1cccc(SC(F)(F)F)c1.Cc1ccc(F)cc1. The number of aryl methyl sites for hydroxylation is 1. The van der Waals surface area contributed by atoms with Gasteiger partial charge in [-0.2, -0.15) is 13.2 Å². The molecule has 1 fully saturated rings. The summed E-state index contributed by atoms with van der Waals surface area (Å²) in [4.78, 5) is 14.8. The minimum Gasteiger partial charge on any atom is -0.356 e. The van der Waals surface area contributed by atoms with E-state index in [0.29, 0.717) is 5.92 Å². The van der Waals surface area contributed by atoms with Crippen LogP contribution in [0.4, 0.5) is 17.6 Å². The monoisotopic (exact) mass is 540 g/mol. The second-order valence-corrected chi connectivity index (χ2v) is 9.36. The summed E-state index contributed by atoms with van der Waals surface area (Å²) < 4.78 is 48.9. The van der Waals surface area contributed by atoms with Crippen molar-refractivity contribution in [1.82, 2.24) is 5.32 Å². The van der Waals surface area contributed by atoms with Crippen molar-refractivity contribution in [3.8, 4) is 0 Å². The first-order chi connectivity index (χ1) is 17.4. The van der Waals surface area contributed by atoms with Crippen molar-refractivity contribution < 1.29 is 22.4 Å². The molecule has 1 amide bonds. The number of thioether (sulfide) groups is 1. The Morgan fingerprint density at radius 3 is 2.22 bits per heavy atom. The number of hydrogen-bond acceptors (Lipinski definition) is 3. The smallest absolute Gasteiger partial charge is 0.356 e. The lowest BCUT2D eigenvalue weighted by Gasteiger charge is -2.08. The van der Waals surface area contributed by atoms with Crippen LogP contribution in [0.5, 0.6) is 0 Å². The Morgan fingerprint density at radius 2 is 1.76 bits per heavy atom. The maximum absolute atomic E-state index is 12.3. The van der Waals surface area contributed by atoms with Crippen LogP contribution in [-0.2, 0) is 4.79 Å². The van der Waals surface area contributed by atoms with Crippen molar-refractivity contribution in [2.75, 3.05) is 13.6 Å². The quantitative estimate of drug-likeness (QED) is 0.234. The number of amides is 1. The molecule has 37 heavy (non-hydrogen) atoms. The van der Waals surface area contributed by atoms with E-state index in [1.54, 1.807) is 31.3 Å². The Morgan fingerprint density at radius 1 is 1.14 bits per heavy atom. The van der Waals surface area contributed by atoms with Crippen molar-refractivity contribution in [2.24, 2.45) is 10.9 Å². The molecule has 2 aromatic rings. The predicted molar refractivity (Wildman–Crippen MR) is 150 cm³/mol. The lowest BCUT2D eigenvalue weighted by atomic mass is 10.0. The third-order valence-electron chi connectivity index (χ3n) is 5.07. The molecule has 3 rings (SSSR count). The van der Waals surface area contributed by atoms with Gasteiger partial charge in [0.05, 0.1) is 0 Å². The number of nitrogens with zero attached hydrogens (tertiary/aromatic N) is 1. The molecule has 0 radical (unpaired) electrons. The molecule has 0 saturated carbocycles. The van der Waals surface area contributed by atoms with Crippen LogP contribution in [0.25, 0.3) is 5.57 Å². The molecule has 206 valence electrons. The number of alkyl halides is 3. The van der Waals surface area contributed by atoms with Crippen molar-refractivity contribution >= 4 is 29.0 Å².